The van der Waals surface area contributed by atoms with E-state index in [1.807, 2.05) is 12.1 Å². The molecule has 2 aliphatic rings. The minimum Gasteiger partial charge on any atom is -0.357 e. The van der Waals surface area contributed by atoms with Gasteiger partial charge < -0.3 is 4.90 Å². The standard InChI is InChI=1S/C18H15F2N3/c1-23-12-17(11-21-15-10-6-5-9-14(15)17)18(19,20)16(23)22-13-7-3-2-4-8-13/h2-11H,12H2,1H3. The lowest BCUT2D eigenvalue weighted by molar-refractivity contribution is 0.0402. The Morgan fingerprint density at radius 3 is 2.52 bits per heavy atom. The number of amidine groups is 1. The van der Waals surface area contributed by atoms with Gasteiger partial charge in [0, 0.05) is 19.8 Å². The third-order valence-corrected chi connectivity index (χ3v) is 4.49. The van der Waals surface area contributed by atoms with E-state index in [0.717, 1.165) is 0 Å². The number of nitrogens with zero attached hydrogens (tertiary/aromatic N) is 3. The zero-order valence-corrected chi connectivity index (χ0v) is 12.6. The van der Waals surface area contributed by atoms with Crippen molar-refractivity contribution in [2.45, 2.75) is 11.3 Å². The Bertz CT molecular complexity index is 814. The highest BCUT2D eigenvalue weighted by Gasteiger charge is 2.66. The minimum absolute atomic E-state index is 0.159. The molecule has 23 heavy (non-hydrogen) atoms. The lowest BCUT2D eigenvalue weighted by Crippen LogP contribution is -2.46. The molecule has 0 aromatic heterocycles. The van der Waals surface area contributed by atoms with E-state index in [4.69, 9.17) is 0 Å². The fourth-order valence-corrected chi connectivity index (χ4v) is 3.36. The summed E-state index contributed by atoms with van der Waals surface area (Å²) in [4.78, 5) is 9.96. The first-order valence-electron chi connectivity index (χ1n) is 7.42. The topological polar surface area (TPSA) is 28.0 Å². The van der Waals surface area contributed by atoms with E-state index in [-0.39, 0.29) is 12.4 Å². The first kappa shape index (κ1) is 14.1. The minimum atomic E-state index is -3.12. The van der Waals surface area contributed by atoms with Gasteiger partial charge in [-0.2, -0.15) is 8.78 Å². The van der Waals surface area contributed by atoms with Crippen LogP contribution in [0.3, 0.4) is 0 Å². The van der Waals surface area contributed by atoms with Crippen LogP contribution < -0.4 is 0 Å². The maximum absolute atomic E-state index is 15.3. The summed E-state index contributed by atoms with van der Waals surface area (Å²) in [6.07, 6.45) is 1.39. The summed E-state index contributed by atoms with van der Waals surface area (Å²) in [7, 11) is 1.65. The molecule has 4 rings (SSSR count). The van der Waals surface area contributed by atoms with Gasteiger partial charge in [0.05, 0.1) is 11.4 Å². The predicted molar refractivity (Wildman–Crippen MR) is 87.4 cm³/mol. The quantitative estimate of drug-likeness (QED) is 0.783. The van der Waals surface area contributed by atoms with Crippen molar-refractivity contribution in [3.8, 4) is 0 Å². The van der Waals surface area contributed by atoms with Crippen molar-refractivity contribution < 1.29 is 8.78 Å². The van der Waals surface area contributed by atoms with Gasteiger partial charge in [0.2, 0.25) is 0 Å². The normalized spacial score (nSPS) is 26.2. The van der Waals surface area contributed by atoms with Crippen molar-refractivity contribution in [1.82, 2.24) is 4.90 Å². The van der Waals surface area contributed by atoms with Crippen LogP contribution in [-0.2, 0) is 5.41 Å². The molecule has 0 saturated carbocycles. The molecule has 2 aromatic rings. The number of likely N-dealkylation sites (tertiary alicyclic amines) is 1. The first-order chi connectivity index (χ1) is 11.0. The van der Waals surface area contributed by atoms with Crippen LogP contribution in [0.2, 0.25) is 0 Å². The van der Waals surface area contributed by atoms with Crippen LogP contribution >= 0.6 is 0 Å². The van der Waals surface area contributed by atoms with Gasteiger partial charge >= 0.3 is 5.92 Å². The summed E-state index contributed by atoms with van der Waals surface area (Å²) in [5.41, 5.74) is 0.261. The molecule has 0 radical (unpaired) electrons. The lowest BCUT2D eigenvalue weighted by atomic mass is 9.79. The highest BCUT2D eigenvalue weighted by atomic mass is 19.3. The summed E-state index contributed by atoms with van der Waals surface area (Å²) in [5, 5.41) is 0. The number of alkyl halides is 2. The molecule has 3 nitrogen and oxygen atoms in total. The average molecular weight is 311 g/mol. The van der Waals surface area contributed by atoms with Crippen LogP contribution in [0.1, 0.15) is 5.56 Å². The second kappa shape index (κ2) is 4.72. The number of aliphatic imine (C=N–C) groups is 2. The highest BCUT2D eigenvalue weighted by Crippen LogP contribution is 2.51. The molecule has 0 aliphatic carbocycles. The lowest BCUT2D eigenvalue weighted by Gasteiger charge is -2.27. The maximum atomic E-state index is 15.3. The molecule has 1 spiro atoms. The molecule has 0 N–H and O–H groups in total. The van der Waals surface area contributed by atoms with Gasteiger partial charge in [-0.1, -0.05) is 36.4 Å². The van der Waals surface area contributed by atoms with Gasteiger partial charge in [-0.05, 0) is 23.8 Å². The monoisotopic (exact) mass is 311 g/mol. The molecule has 2 aliphatic heterocycles. The molecule has 0 bridgehead atoms. The zero-order valence-electron chi connectivity index (χ0n) is 12.6. The van der Waals surface area contributed by atoms with Crippen LogP contribution in [0.25, 0.3) is 0 Å². The van der Waals surface area contributed by atoms with E-state index >= 15 is 8.78 Å². The number of para-hydroxylation sites is 2. The number of fused-ring (bicyclic) bond motifs is 2. The Morgan fingerprint density at radius 1 is 1.04 bits per heavy atom. The number of hydrogen-bond donors (Lipinski definition) is 0. The van der Waals surface area contributed by atoms with E-state index in [2.05, 4.69) is 9.98 Å². The van der Waals surface area contributed by atoms with Gasteiger partial charge in [-0.15, -0.1) is 0 Å². The van der Waals surface area contributed by atoms with E-state index < -0.39 is 11.3 Å². The van der Waals surface area contributed by atoms with E-state index in [1.54, 1.807) is 49.5 Å². The average Bonchev–Trinajstić information content (AvgIpc) is 3.01. The molecule has 2 aromatic carbocycles. The van der Waals surface area contributed by atoms with Gasteiger partial charge in [-0.25, -0.2) is 4.99 Å². The fourth-order valence-electron chi connectivity index (χ4n) is 3.36. The fraction of sp³-hybridized carbons (Fsp3) is 0.222. The largest absolute Gasteiger partial charge is 0.357 e. The van der Waals surface area contributed by atoms with Gasteiger partial charge in [0.15, 0.2) is 5.84 Å². The number of halogens is 2. The van der Waals surface area contributed by atoms with E-state index in [1.165, 1.54) is 11.1 Å². The zero-order chi connectivity index (χ0) is 16.1. The number of hydrogen-bond acceptors (Lipinski definition) is 2. The smallest absolute Gasteiger partial charge is 0.320 e. The summed E-state index contributed by atoms with van der Waals surface area (Å²) in [5.74, 6) is -3.33. The molecule has 1 unspecified atom stereocenters. The third kappa shape index (κ3) is 1.86. The van der Waals surface area contributed by atoms with Crippen molar-refractivity contribution in [3.63, 3.8) is 0 Å². The van der Waals surface area contributed by atoms with Gasteiger partial charge in [-0.3, -0.25) is 4.99 Å². The number of likely N-dealkylation sites (N-methyl/N-ethyl adjacent to an activating group) is 1. The summed E-state index contributed by atoms with van der Waals surface area (Å²) in [6.45, 7) is 0.159. The van der Waals surface area contributed by atoms with Crippen molar-refractivity contribution in [2.75, 3.05) is 13.6 Å². The molecular formula is C18H15F2N3. The van der Waals surface area contributed by atoms with Crippen molar-refractivity contribution in [3.05, 3.63) is 60.2 Å². The Balaban J connectivity index is 1.85. The Morgan fingerprint density at radius 2 is 1.74 bits per heavy atom. The summed E-state index contributed by atoms with van der Waals surface area (Å²) in [6, 6.07) is 15.9. The van der Waals surface area contributed by atoms with Crippen LogP contribution in [0.15, 0.2) is 64.6 Å². The van der Waals surface area contributed by atoms with Crippen molar-refractivity contribution in [1.29, 1.82) is 0 Å². The van der Waals surface area contributed by atoms with Gasteiger partial charge in [0.25, 0.3) is 0 Å². The molecule has 2 heterocycles. The summed E-state index contributed by atoms with van der Waals surface area (Å²) < 4.78 is 30.6. The van der Waals surface area contributed by atoms with Crippen molar-refractivity contribution in [2.24, 2.45) is 9.98 Å². The van der Waals surface area contributed by atoms with Crippen LogP contribution in [0.4, 0.5) is 20.2 Å². The first-order valence-corrected chi connectivity index (χ1v) is 7.42. The second-order valence-electron chi connectivity index (χ2n) is 5.95. The molecule has 5 heteroatoms. The summed E-state index contributed by atoms with van der Waals surface area (Å²) >= 11 is 0. The van der Waals surface area contributed by atoms with Crippen LogP contribution in [-0.4, -0.2) is 36.5 Å². The predicted octanol–water partition coefficient (Wildman–Crippen LogP) is 3.95. The highest BCUT2D eigenvalue weighted by molar-refractivity contribution is 6.03. The second-order valence-corrected chi connectivity index (χ2v) is 5.95. The third-order valence-electron chi connectivity index (χ3n) is 4.49. The Kier molecular flexibility index (Phi) is 2.88. The molecule has 1 atom stereocenters. The Hall–Kier alpha value is -2.56. The molecule has 1 saturated heterocycles. The van der Waals surface area contributed by atoms with Crippen LogP contribution in [0, 0.1) is 0 Å². The van der Waals surface area contributed by atoms with Crippen molar-refractivity contribution >= 4 is 23.4 Å². The van der Waals surface area contributed by atoms with E-state index in [0.29, 0.717) is 16.9 Å². The maximum Gasteiger partial charge on any atom is 0.320 e. The van der Waals surface area contributed by atoms with Crippen LogP contribution in [0.5, 0.6) is 0 Å². The molecule has 1 fully saturated rings. The Labute approximate surface area is 133 Å². The molecule has 116 valence electrons. The number of benzene rings is 2. The number of rotatable bonds is 1. The molecular weight excluding hydrogens is 296 g/mol. The molecule has 0 amide bonds. The van der Waals surface area contributed by atoms with E-state index in [9.17, 15) is 0 Å². The SMILES string of the molecule is CN1CC2(C=Nc3ccccc32)C(F)(F)C1=Nc1ccccc1. The van der Waals surface area contributed by atoms with Gasteiger partial charge in [0.1, 0.15) is 5.41 Å².